The number of rotatable bonds is 10. The average Bonchev–Trinajstić information content (AvgIpc) is 3.45. The Kier molecular flexibility index (Phi) is 11.5. The van der Waals surface area contributed by atoms with Gasteiger partial charge in [-0.2, -0.15) is 9.97 Å². The van der Waals surface area contributed by atoms with Gasteiger partial charge in [-0.15, -0.1) is 0 Å². The minimum absolute atomic E-state index is 0.0259. The van der Waals surface area contributed by atoms with Crippen LogP contribution in [-0.4, -0.2) is 37.9 Å². The van der Waals surface area contributed by atoms with Gasteiger partial charge in [-0.05, 0) is 41.3 Å². The lowest BCUT2D eigenvalue weighted by Gasteiger charge is -2.12. The van der Waals surface area contributed by atoms with Crippen LogP contribution in [0.3, 0.4) is 0 Å². The molecule has 0 bridgehead atoms. The van der Waals surface area contributed by atoms with Crippen molar-refractivity contribution < 1.29 is 9.59 Å². The van der Waals surface area contributed by atoms with Gasteiger partial charge in [0, 0.05) is 49.2 Å². The van der Waals surface area contributed by atoms with Crippen LogP contribution in [0.1, 0.15) is 38.8 Å². The molecule has 2 amide bonds. The normalized spacial score (nSPS) is 10.3. The first-order valence-corrected chi connectivity index (χ1v) is 13.3. The Morgan fingerprint density at radius 2 is 1.70 bits per heavy atom. The lowest BCUT2D eigenvalue weighted by Crippen LogP contribution is -2.29. The molecule has 2 aromatic heterocycles. The number of benzene rings is 2. The van der Waals surface area contributed by atoms with Crippen molar-refractivity contribution in [2.45, 2.75) is 40.8 Å². The number of anilines is 3. The van der Waals surface area contributed by atoms with Crippen molar-refractivity contribution in [1.82, 2.24) is 24.8 Å². The summed E-state index contributed by atoms with van der Waals surface area (Å²) in [7, 11) is 0. The first kappa shape index (κ1) is 30.1. The zero-order valence-corrected chi connectivity index (χ0v) is 23.9. The fraction of sp³-hybridized carbons (Fsp3) is 0.276. The van der Waals surface area contributed by atoms with Crippen molar-refractivity contribution in [2.24, 2.45) is 5.92 Å². The van der Waals surface area contributed by atoms with Crippen LogP contribution in [0.15, 0.2) is 73.3 Å². The molecule has 4 N–H and O–H groups in total. The van der Waals surface area contributed by atoms with E-state index in [0.717, 1.165) is 17.0 Å². The molecule has 4 aromatic rings. The molecule has 0 spiro atoms. The maximum atomic E-state index is 12.4. The van der Waals surface area contributed by atoms with Crippen molar-refractivity contribution in [3.8, 4) is 5.82 Å². The summed E-state index contributed by atoms with van der Waals surface area (Å²) in [6.07, 6.45) is 5.07. The fourth-order valence-corrected chi connectivity index (χ4v) is 3.52. The third-order valence-electron chi connectivity index (χ3n) is 5.02. The van der Waals surface area contributed by atoms with Crippen LogP contribution in [0.4, 0.5) is 17.5 Å². The first-order valence-electron chi connectivity index (χ1n) is 12.9. The molecule has 2 heterocycles. The van der Waals surface area contributed by atoms with Crippen LogP contribution < -0.4 is 21.3 Å². The molecule has 2 aromatic carbocycles. The summed E-state index contributed by atoms with van der Waals surface area (Å²) >= 11 is 6.07. The van der Waals surface area contributed by atoms with E-state index in [-0.39, 0.29) is 18.4 Å². The molecule has 4 rings (SSSR count). The maximum absolute atomic E-state index is 12.4. The molecule has 0 radical (unpaired) electrons. The van der Waals surface area contributed by atoms with Gasteiger partial charge >= 0.3 is 0 Å². The van der Waals surface area contributed by atoms with Crippen molar-refractivity contribution in [3.05, 3.63) is 89.5 Å². The summed E-state index contributed by atoms with van der Waals surface area (Å²) in [4.78, 5) is 36.7. The average molecular weight is 563 g/mol. The van der Waals surface area contributed by atoms with Crippen molar-refractivity contribution in [1.29, 1.82) is 0 Å². The van der Waals surface area contributed by atoms with Gasteiger partial charge in [0.05, 0.1) is 6.54 Å². The van der Waals surface area contributed by atoms with Crippen molar-refractivity contribution >= 4 is 40.9 Å². The minimum atomic E-state index is -0.197. The first-order chi connectivity index (χ1) is 19.2. The number of hydrogen-bond acceptors (Lipinski definition) is 7. The molecular weight excluding hydrogens is 528 g/mol. The van der Waals surface area contributed by atoms with E-state index >= 15 is 0 Å². The Morgan fingerprint density at radius 1 is 0.950 bits per heavy atom. The number of nitrogens with one attached hydrogen (secondary N) is 4. The summed E-state index contributed by atoms with van der Waals surface area (Å²) in [6.45, 7) is 8.82. The Bertz CT molecular complexity index is 1370. The van der Waals surface area contributed by atoms with E-state index in [1.165, 1.54) is 6.92 Å². The summed E-state index contributed by atoms with van der Waals surface area (Å²) in [6, 6.07) is 16.5. The highest BCUT2D eigenvalue weighted by Crippen LogP contribution is 2.16. The molecule has 0 saturated carbocycles. The van der Waals surface area contributed by atoms with Crippen LogP contribution in [0.25, 0.3) is 5.82 Å². The van der Waals surface area contributed by atoms with Gasteiger partial charge in [0.2, 0.25) is 17.8 Å². The smallest absolute Gasteiger partial charge is 0.239 e. The van der Waals surface area contributed by atoms with E-state index in [1.807, 2.05) is 36.4 Å². The second kappa shape index (κ2) is 15.2. The monoisotopic (exact) mass is 562 g/mol. The number of amides is 2. The van der Waals surface area contributed by atoms with E-state index < -0.39 is 0 Å². The molecule has 0 aliphatic carbocycles. The molecule has 0 atom stereocenters. The van der Waals surface area contributed by atoms with Crippen LogP contribution in [0, 0.1) is 5.92 Å². The topological polar surface area (TPSA) is 126 Å². The molecular formula is C29H35ClN8O2. The summed E-state index contributed by atoms with van der Waals surface area (Å²) < 4.78 is 1.75. The van der Waals surface area contributed by atoms with Gasteiger partial charge in [-0.3, -0.25) is 14.2 Å². The Morgan fingerprint density at radius 3 is 2.35 bits per heavy atom. The predicted molar refractivity (Wildman–Crippen MR) is 160 cm³/mol. The highest BCUT2D eigenvalue weighted by molar-refractivity contribution is 6.30. The number of imidazole rings is 1. The molecule has 0 aliphatic heterocycles. The zero-order valence-electron chi connectivity index (χ0n) is 23.1. The van der Waals surface area contributed by atoms with Gasteiger partial charge in [0.15, 0.2) is 0 Å². The van der Waals surface area contributed by atoms with Gasteiger partial charge in [-0.25, -0.2) is 4.98 Å². The Balaban J connectivity index is 0.00000103. The van der Waals surface area contributed by atoms with Gasteiger partial charge in [0.25, 0.3) is 0 Å². The van der Waals surface area contributed by atoms with Crippen molar-refractivity contribution in [2.75, 3.05) is 22.5 Å². The van der Waals surface area contributed by atoms with E-state index in [0.29, 0.717) is 41.4 Å². The summed E-state index contributed by atoms with van der Waals surface area (Å²) in [5.41, 5.74) is 2.60. The molecule has 210 valence electrons. The van der Waals surface area contributed by atoms with E-state index in [4.69, 9.17) is 11.6 Å². The highest BCUT2D eigenvalue weighted by Gasteiger charge is 2.09. The number of aromatic nitrogens is 4. The summed E-state index contributed by atoms with van der Waals surface area (Å²) in [5, 5.41) is 12.5. The molecule has 10 nitrogen and oxygen atoms in total. The lowest BCUT2D eigenvalue weighted by atomic mass is 10.2. The van der Waals surface area contributed by atoms with E-state index in [2.05, 4.69) is 57.0 Å². The number of carbonyl (C=O) groups is 2. The van der Waals surface area contributed by atoms with Gasteiger partial charge in [-0.1, -0.05) is 56.6 Å². The SMILES string of the molecule is CC(=O)Nc1ccc(CNC(=O)CNc2cc(-n3ccnc3)nc(NCc3cccc(Cl)c3)n2)cc1.CC(C)C. The van der Waals surface area contributed by atoms with Crippen LogP contribution in [-0.2, 0) is 22.7 Å². The molecule has 0 fully saturated rings. The quantitative estimate of drug-likeness (QED) is 0.207. The Labute approximate surface area is 239 Å². The third-order valence-corrected chi connectivity index (χ3v) is 5.25. The number of nitrogens with zero attached hydrogens (tertiary/aromatic N) is 4. The summed E-state index contributed by atoms with van der Waals surface area (Å²) in [5.74, 6) is 1.97. The van der Waals surface area contributed by atoms with Gasteiger partial charge < -0.3 is 21.3 Å². The third kappa shape index (κ3) is 10.7. The fourth-order valence-electron chi connectivity index (χ4n) is 3.30. The molecule has 40 heavy (non-hydrogen) atoms. The maximum Gasteiger partial charge on any atom is 0.239 e. The largest absolute Gasteiger partial charge is 0.361 e. The second-order valence-corrected chi connectivity index (χ2v) is 10.1. The molecule has 11 heteroatoms. The minimum Gasteiger partial charge on any atom is -0.361 e. The van der Waals surface area contributed by atoms with E-state index in [1.54, 1.807) is 41.5 Å². The standard InChI is InChI=1S/C25H25ClN8O2.C4H10/c1-17(35)31-21-7-5-18(6-8-21)13-29-24(36)15-28-22-12-23(34-10-9-27-16-34)33-25(32-22)30-14-19-3-2-4-20(26)11-19;1-4(2)3/h2-12,16H,13-15H2,1H3,(H,29,36)(H,31,35)(H2,28,30,32,33);4H,1-3H3. The number of hydrogen-bond donors (Lipinski definition) is 4. The lowest BCUT2D eigenvalue weighted by molar-refractivity contribution is -0.119. The Hall–Kier alpha value is -4.44. The van der Waals surface area contributed by atoms with Gasteiger partial charge in [0.1, 0.15) is 18.0 Å². The molecule has 0 aliphatic rings. The zero-order chi connectivity index (χ0) is 28.9. The predicted octanol–water partition coefficient (Wildman–Crippen LogP) is 5.28. The second-order valence-electron chi connectivity index (χ2n) is 9.63. The molecule has 0 unspecified atom stereocenters. The van der Waals surface area contributed by atoms with Crippen LogP contribution in [0.5, 0.6) is 0 Å². The molecule has 0 saturated heterocycles. The van der Waals surface area contributed by atoms with Crippen LogP contribution >= 0.6 is 11.6 Å². The highest BCUT2D eigenvalue weighted by atomic mass is 35.5. The number of halogens is 1. The van der Waals surface area contributed by atoms with Crippen LogP contribution in [0.2, 0.25) is 5.02 Å². The van der Waals surface area contributed by atoms with E-state index in [9.17, 15) is 9.59 Å². The number of carbonyl (C=O) groups excluding carboxylic acids is 2. The van der Waals surface area contributed by atoms with Crippen molar-refractivity contribution in [3.63, 3.8) is 0 Å².